The van der Waals surface area contributed by atoms with Crippen LogP contribution in [0.3, 0.4) is 0 Å². The number of halogens is 1. The van der Waals surface area contributed by atoms with E-state index in [9.17, 15) is 4.79 Å². The van der Waals surface area contributed by atoms with Crippen molar-refractivity contribution in [1.29, 1.82) is 5.41 Å². The van der Waals surface area contributed by atoms with Crippen LogP contribution in [0.5, 0.6) is 23.0 Å². The Bertz CT molecular complexity index is 1520. The van der Waals surface area contributed by atoms with Crippen LogP contribution in [0.2, 0.25) is 5.02 Å². The minimum Gasteiger partial charge on any atom is -0.497 e. The smallest absolute Gasteiger partial charge is 0.210 e. The van der Waals surface area contributed by atoms with Gasteiger partial charge in [0.05, 0.1) is 40.2 Å². The van der Waals surface area contributed by atoms with E-state index < -0.39 is 0 Å². The van der Waals surface area contributed by atoms with Crippen molar-refractivity contribution in [1.82, 2.24) is 15.3 Å². The molecule has 0 fully saturated rings. The Labute approximate surface area is 256 Å². The Balaban J connectivity index is 0.000000359. The lowest BCUT2D eigenvalue weighted by Crippen LogP contribution is -2.35. The van der Waals surface area contributed by atoms with Crippen LogP contribution in [0, 0.1) is 5.41 Å². The van der Waals surface area contributed by atoms with Crippen LogP contribution in [0.25, 0.3) is 10.9 Å². The summed E-state index contributed by atoms with van der Waals surface area (Å²) in [6.07, 6.45) is 4.90. The van der Waals surface area contributed by atoms with Crippen molar-refractivity contribution in [2.75, 3.05) is 41.0 Å². The minimum absolute atomic E-state index is 0.253. The highest BCUT2D eigenvalue weighted by Crippen LogP contribution is 2.40. The predicted molar refractivity (Wildman–Crippen MR) is 170 cm³/mol. The number of nitrogens with zero attached hydrogens (tertiary/aromatic N) is 2. The number of fused-ring (bicyclic) bond motifs is 3. The highest BCUT2D eigenvalue weighted by Gasteiger charge is 2.31. The fraction of sp³-hybridized carbons (Fsp3) is 0.281. The lowest BCUT2D eigenvalue weighted by atomic mass is 9.92. The van der Waals surface area contributed by atoms with Gasteiger partial charge in [0.15, 0.2) is 11.5 Å². The van der Waals surface area contributed by atoms with E-state index in [1.807, 2.05) is 60.7 Å². The predicted octanol–water partition coefficient (Wildman–Crippen LogP) is 5.63. The number of carbonyl (C=O) groups is 1. The van der Waals surface area contributed by atoms with Gasteiger partial charge in [-0.15, -0.1) is 0 Å². The van der Waals surface area contributed by atoms with E-state index in [2.05, 4.69) is 15.5 Å². The second-order valence-electron chi connectivity index (χ2n) is 9.55. The summed E-state index contributed by atoms with van der Waals surface area (Å²) in [5.74, 6) is 2.95. The molecule has 0 aliphatic carbocycles. The van der Waals surface area contributed by atoms with E-state index in [-0.39, 0.29) is 6.04 Å². The summed E-state index contributed by atoms with van der Waals surface area (Å²) in [5, 5.41) is 12.5. The normalized spacial score (nSPS) is 14.0. The maximum atomic E-state index is 11.9. The van der Waals surface area contributed by atoms with Gasteiger partial charge in [0.25, 0.3) is 0 Å². The Morgan fingerprint density at radius 3 is 2.42 bits per heavy atom. The molecule has 11 heteroatoms. The van der Waals surface area contributed by atoms with Gasteiger partial charge in [-0.05, 0) is 72.1 Å². The highest BCUT2D eigenvalue weighted by atomic mass is 35.5. The number of hydrazone groups is 1. The third-order valence-electron chi connectivity index (χ3n) is 6.99. The third-order valence-corrected chi connectivity index (χ3v) is 7.23. The van der Waals surface area contributed by atoms with Gasteiger partial charge in [-0.3, -0.25) is 4.79 Å². The topological polar surface area (TPSA) is 121 Å². The number of amides is 1. The number of H-pyrrole nitrogens is 1. The number of ether oxygens (including phenoxy) is 4. The molecule has 4 aromatic rings. The lowest BCUT2D eigenvalue weighted by Gasteiger charge is -2.33. The van der Waals surface area contributed by atoms with Crippen molar-refractivity contribution >= 4 is 41.3 Å². The Kier molecular flexibility index (Phi) is 11.3. The van der Waals surface area contributed by atoms with Crippen LogP contribution >= 0.6 is 11.6 Å². The maximum Gasteiger partial charge on any atom is 0.210 e. The van der Waals surface area contributed by atoms with Gasteiger partial charge in [-0.25, -0.2) is 0 Å². The quantitative estimate of drug-likeness (QED) is 0.0833. The molecule has 0 radical (unpaired) electrons. The monoisotopic (exact) mass is 605 g/mol. The molecular formula is C32H36ClN5O5. The average molecular weight is 606 g/mol. The zero-order valence-electron chi connectivity index (χ0n) is 24.4. The van der Waals surface area contributed by atoms with Crippen molar-refractivity contribution in [3.63, 3.8) is 0 Å². The summed E-state index contributed by atoms with van der Waals surface area (Å²) in [5.41, 5.74) is 6.98. The summed E-state index contributed by atoms with van der Waals surface area (Å²) >= 11 is 6.24. The van der Waals surface area contributed by atoms with Crippen molar-refractivity contribution in [2.24, 2.45) is 5.10 Å². The lowest BCUT2D eigenvalue weighted by molar-refractivity contribution is -0.120. The number of benzene rings is 3. The van der Waals surface area contributed by atoms with Crippen molar-refractivity contribution in [3.8, 4) is 23.0 Å². The minimum atomic E-state index is -0.253. The van der Waals surface area contributed by atoms with E-state index in [0.29, 0.717) is 36.2 Å². The zero-order valence-corrected chi connectivity index (χ0v) is 25.2. The number of methoxy groups -OCH3 is 3. The molecule has 0 bridgehead atoms. The first-order valence-corrected chi connectivity index (χ1v) is 14.2. The second-order valence-corrected chi connectivity index (χ2v) is 9.98. The molecule has 1 atom stereocenters. The molecule has 1 aliphatic heterocycles. The van der Waals surface area contributed by atoms with Gasteiger partial charge in [0.2, 0.25) is 6.41 Å². The van der Waals surface area contributed by atoms with Crippen LogP contribution in [-0.4, -0.2) is 69.7 Å². The molecule has 1 aliphatic rings. The molecule has 3 aromatic carbocycles. The van der Waals surface area contributed by atoms with Crippen LogP contribution in [0.1, 0.15) is 29.3 Å². The van der Waals surface area contributed by atoms with E-state index in [4.69, 9.17) is 36.0 Å². The summed E-state index contributed by atoms with van der Waals surface area (Å²) in [4.78, 5) is 17.2. The molecule has 3 N–H and O–H groups in total. The first-order chi connectivity index (χ1) is 21.0. The summed E-state index contributed by atoms with van der Waals surface area (Å²) < 4.78 is 21.4. The Morgan fingerprint density at radius 2 is 1.77 bits per heavy atom. The van der Waals surface area contributed by atoms with Crippen molar-refractivity contribution in [3.05, 3.63) is 82.5 Å². The SMILES string of the molecule is COc1cc(C2c3[nH]c4ccc(Cl)cc4c3CCN2C=O)ccc1OCCCN/N=C\C=N.COc1ccc(OC)cc1. The fourth-order valence-corrected chi connectivity index (χ4v) is 5.10. The van der Waals surface area contributed by atoms with Gasteiger partial charge in [0, 0.05) is 47.3 Å². The number of aromatic nitrogens is 1. The molecule has 43 heavy (non-hydrogen) atoms. The molecular weight excluding hydrogens is 570 g/mol. The number of aromatic amines is 1. The van der Waals surface area contributed by atoms with Gasteiger partial charge in [-0.2, -0.15) is 5.10 Å². The molecule has 10 nitrogen and oxygen atoms in total. The molecule has 1 aromatic heterocycles. The van der Waals surface area contributed by atoms with Gasteiger partial charge >= 0.3 is 0 Å². The first kappa shape index (κ1) is 31.2. The number of carbonyl (C=O) groups excluding carboxylic acids is 1. The molecule has 0 saturated carbocycles. The van der Waals surface area contributed by atoms with E-state index in [0.717, 1.165) is 59.1 Å². The second kappa shape index (κ2) is 15.5. The third kappa shape index (κ3) is 7.78. The molecule has 5 rings (SSSR count). The largest absolute Gasteiger partial charge is 0.497 e. The van der Waals surface area contributed by atoms with E-state index in [1.165, 1.54) is 11.8 Å². The van der Waals surface area contributed by atoms with E-state index >= 15 is 0 Å². The van der Waals surface area contributed by atoms with Gasteiger partial charge < -0.3 is 39.7 Å². The average Bonchev–Trinajstić information content (AvgIpc) is 3.42. The van der Waals surface area contributed by atoms with Gasteiger partial charge in [0.1, 0.15) is 11.5 Å². The summed E-state index contributed by atoms with van der Waals surface area (Å²) in [7, 11) is 4.89. The van der Waals surface area contributed by atoms with Crippen molar-refractivity contribution < 1.29 is 23.7 Å². The van der Waals surface area contributed by atoms with Crippen LogP contribution in [0.15, 0.2) is 65.8 Å². The summed E-state index contributed by atoms with van der Waals surface area (Å²) in [6, 6.07) is 18.8. The molecule has 0 spiro atoms. The van der Waals surface area contributed by atoms with Crippen molar-refractivity contribution in [2.45, 2.75) is 18.9 Å². The van der Waals surface area contributed by atoms with Crippen LogP contribution in [-0.2, 0) is 11.2 Å². The fourth-order valence-electron chi connectivity index (χ4n) is 4.92. The maximum absolute atomic E-state index is 11.9. The van der Waals surface area contributed by atoms with Gasteiger partial charge in [-0.1, -0.05) is 17.7 Å². The Hall–Kier alpha value is -4.70. The first-order valence-electron chi connectivity index (χ1n) is 13.8. The Morgan fingerprint density at radius 1 is 1.02 bits per heavy atom. The molecule has 0 saturated heterocycles. The highest BCUT2D eigenvalue weighted by molar-refractivity contribution is 6.31. The van der Waals surface area contributed by atoms with Crippen LogP contribution in [0.4, 0.5) is 0 Å². The molecule has 226 valence electrons. The number of hydrogen-bond donors (Lipinski definition) is 3. The number of rotatable bonds is 12. The molecule has 2 heterocycles. The van der Waals surface area contributed by atoms with E-state index in [1.54, 1.807) is 26.2 Å². The standard InChI is InChI=1S/C24H26ClN5O3.C8H10O2/c1-32-22-13-16(3-6-21(22)33-12-2-9-27-28-10-8-26)24-23-18(7-11-30(24)15-31)19-14-17(25)4-5-20(19)29-23;1-9-7-3-5-8(10-2)6-4-7/h3-6,8,10,13-15,24,26-27,29H,2,7,9,11-12H2,1H3;3-6H,1-2H3/b26-8?,28-10-;. The molecule has 1 amide bonds. The number of hydrogen-bond acceptors (Lipinski definition) is 8. The summed E-state index contributed by atoms with van der Waals surface area (Å²) in [6.45, 7) is 1.74. The van der Waals surface area contributed by atoms with Crippen LogP contribution < -0.4 is 24.4 Å². The zero-order chi connectivity index (χ0) is 30.6. The molecule has 1 unspecified atom stereocenters. The number of nitrogens with one attached hydrogen (secondary N) is 3.